The van der Waals surface area contributed by atoms with Crippen molar-refractivity contribution >= 4 is 57.3 Å². The minimum Gasteiger partial charge on any atom is -0.390 e. The molecule has 4 aromatic rings. The molecule has 1 amide bonds. The number of amides is 1. The Morgan fingerprint density at radius 3 is 2.62 bits per heavy atom. The molecule has 0 bridgehead atoms. The number of aliphatic hydroxyl groups excluding tert-OH is 2. The Morgan fingerprint density at radius 1 is 1.10 bits per heavy atom. The molecule has 222 valence electrons. The van der Waals surface area contributed by atoms with E-state index in [9.17, 15) is 15.0 Å². The van der Waals surface area contributed by atoms with Crippen LogP contribution in [0.4, 0.5) is 17.5 Å². The Balaban J connectivity index is 0.00000353. The highest BCUT2D eigenvalue weighted by Crippen LogP contribution is 2.44. The summed E-state index contributed by atoms with van der Waals surface area (Å²) < 4.78 is 6.19. The molecule has 2 aliphatic carbocycles. The standard InChI is InChI=1S/C29H33N7O4S.ClH/c1-15-21(28-35-23-20(41-28)10-11-30-22(23)16-8-9-16)26(36-29(32-15)31-12-13-40-2)34-19-14-18(24(37)25(19)38)27(39)33-17-6-4-3-5-7-17;/h3-7,10-11,16,18-19,24-25,37-38H,8-9,12-14H2,1-2H3,(H,33,39)(H2,31,32,34,36);1H/t18-,19+,24+,25-;/m0./s1. The Bertz CT molecular complexity index is 1550. The second-order valence-corrected chi connectivity index (χ2v) is 11.6. The van der Waals surface area contributed by atoms with Crippen molar-refractivity contribution in [1.82, 2.24) is 19.9 Å². The predicted molar refractivity (Wildman–Crippen MR) is 165 cm³/mol. The lowest BCUT2D eigenvalue weighted by molar-refractivity contribution is -0.123. The molecule has 2 aliphatic rings. The number of fused-ring (bicyclic) bond motifs is 1. The summed E-state index contributed by atoms with van der Waals surface area (Å²) in [6.45, 7) is 2.89. The summed E-state index contributed by atoms with van der Waals surface area (Å²) in [6, 6.07) is 10.4. The van der Waals surface area contributed by atoms with E-state index < -0.39 is 24.2 Å². The first-order valence-corrected chi connectivity index (χ1v) is 14.6. The number of aryl methyl sites for hydroxylation is 1. The molecule has 3 aromatic heterocycles. The zero-order valence-corrected chi connectivity index (χ0v) is 24.9. The van der Waals surface area contributed by atoms with Crippen molar-refractivity contribution in [2.45, 2.75) is 50.4 Å². The minimum atomic E-state index is -1.24. The molecule has 2 fully saturated rings. The van der Waals surface area contributed by atoms with E-state index in [-0.39, 0.29) is 24.7 Å². The lowest BCUT2D eigenvalue weighted by atomic mass is 10.0. The molecule has 5 N–H and O–H groups in total. The first-order chi connectivity index (χ1) is 19.9. The number of benzene rings is 1. The van der Waals surface area contributed by atoms with Crippen molar-refractivity contribution < 1.29 is 19.7 Å². The van der Waals surface area contributed by atoms with Gasteiger partial charge in [-0.15, -0.1) is 23.7 Å². The lowest BCUT2D eigenvalue weighted by Crippen LogP contribution is -2.37. The van der Waals surface area contributed by atoms with Crippen LogP contribution in [0.25, 0.3) is 20.8 Å². The number of pyridine rings is 1. The van der Waals surface area contributed by atoms with E-state index >= 15 is 0 Å². The van der Waals surface area contributed by atoms with Gasteiger partial charge in [0.25, 0.3) is 0 Å². The molecule has 0 aliphatic heterocycles. The highest BCUT2D eigenvalue weighted by Gasteiger charge is 2.45. The van der Waals surface area contributed by atoms with Crippen molar-refractivity contribution in [2.75, 3.05) is 36.2 Å². The van der Waals surface area contributed by atoms with Crippen LogP contribution in [0.2, 0.25) is 0 Å². The molecular formula is C29H34ClN7O4S. The van der Waals surface area contributed by atoms with Gasteiger partial charge in [-0.1, -0.05) is 18.2 Å². The third kappa shape index (κ3) is 6.18. The zero-order chi connectivity index (χ0) is 28.5. The van der Waals surface area contributed by atoms with E-state index in [0.29, 0.717) is 47.8 Å². The van der Waals surface area contributed by atoms with E-state index in [0.717, 1.165) is 33.8 Å². The lowest BCUT2D eigenvalue weighted by Gasteiger charge is -2.21. The number of halogens is 1. The monoisotopic (exact) mass is 611 g/mol. The van der Waals surface area contributed by atoms with E-state index in [1.165, 1.54) is 0 Å². The number of hydrogen-bond acceptors (Lipinski definition) is 11. The summed E-state index contributed by atoms with van der Waals surface area (Å²) in [7, 11) is 1.62. The van der Waals surface area contributed by atoms with Gasteiger partial charge < -0.3 is 30.9 Å². The smallest absolute Gasteiger partial charge is 0.230 e. The molecule has 13 heteroatoms. The van der Waals surface area contributed by atoms with Gasteiger partial charge in [0.2, 0.25) is 11.9 Å². The summed E-state index contributed by atoms with van der Waals surface area (Å²) in [5, 5.41) is 32.0. The van der Waals surface area contributed by atoms with Gasteiger partial charge in [0, 0.05) is 31.5 Å². The van der Waals surface area contributed by atoms with Gasteiger partial charge >= 0.3 is 0 Å². The number of anilines is 3. The van der Waals surface area contributed by atoms with Crippen LogP contribution in [0, 0.1) is 12.8 Å². The second kappa shape index (κ2) is 12.8. The Hall–Kier alpha value is -3.42. The third-order valence-electron chi connectivity index (χ3n) is 7.58. The number of para-hydroxylation sites is 1. The number of nitrogens with one attached hydrogen (secondary N) is 3. The SMILES string of the molecule is COCCNc1nc(C)c(-c2nc3c(C4CC4)nccc3s2)c(N[C@@H]2C[C@H](C(=O)Nc3ccccc3)[C@@H](O)[C@H]2O)n1.Cl. The van der Waals surface area contributed by atoms with E-state index in [4.69, 9.17) is 14.7 Å². The van der Waals surface area contributed by atoms with Gasteiger partial charge in [-0.3, -0.25) is 9.78 Å². The maximum absolute atomic E-state index is 13.0. The number of aromatic nitrogens is 4. The van der Waals surface area contributed by atoms with E-state index in [2.05, 4.69) is 25.9 Å². The summed E-state index contributed by atoms with van der Waals surface area (Å²) in [5.74, 6) is 0.170. The molecule has 4 atom stereocenters. The summed E-state index contributed by atoms with van der Waals surface area (Å²) in [4.78, 5) is 32.1. The van der Waals surface area contributed by atoms with Gasteiger partial charge in [-0.2, -0.15) is 4.98 Å². The average Bonchev–Trinajstić information content (AvgIpc) is 3.66. The van der Waals surface area contributed by atoms with Crippen molar-refractivity contribution in [2.24, 2.45) is 5.92 Å². The topological polar surface area (TPSA) is 154 Å². The average molecular weight is 612 g/mol. The molecule has 0 spiro atoms. The molecular weight excluding hydrogens is 578 g/mol. The molecule has 0 unspecified atom stereocenters. The minimum absolute atomic E-state index is 0. The predicted octanol–water partition coefficient (Wildman–Crippen LogP) is 3.98. The summed E-state index contributed by atoms with van der Waals surface area (Å²) in [5.41, 5.74) is 3.97. The fourth-order valence-electron chi connectivity index (χ4n) is 5.28. The van der Waals surface area contributed by atoms with Gasteiger partial charge in [0.1, 0.15) is 22.4 Å². The Labute approximate surface area is 253 Å². The van der Waals surface area contributed by atoms with Crippen LogP contribution < -0.4 is 16.0 Å². The van der Waals surface area contributed by atoms with Crippen LogP contribution in [0.3, 0.4) is 0 Å². The van der Waals surface area contributed by atoms with Crippen molar-refractivity contribution in [3.8, 4) is 10.6 Å². The maximum atomic E-state index is 13.0. The number of rotatable bonds is 10. The fourth-order valence-corrected chi connectivity index (χ4v) is 6.35. The second-order valence-electron chi connectivity index (χ2n) is 10.5. The van der Waals surface area contributed by atoms with Gasteiger partial charge in [-0.25, -0.2) is 9.97 Å². The van der Waals surface area contributed by atoms with Crippen LogP contribution in [0.15, 0.2) is 42.6 Å². The first-order valence-electron chi connectivity index (χ1n) is 13.8. The number of nitrogens with zero attached hydrogens (tertiary/aromatic N) is 4. The molecule has 11 nitrogen and oxygen atoms in total. The molecule has 42 heavy (non-hydrogen) atoms. The largest absolute Gasteiger partial charge is 0.390 e. The van der Waals surface area contributed by atoms with Crippen LogP contribution in [-0.2, 0) is 9.53 Å². The van der Waals surface area contributed by atoms with Crippen molar-refractivity contribution in [3.05, 3.63) is 54.0 Å². The maximum Gasteiger partial charge on any atom is 0.230 e. The third-order valence-corrected chi connectivity index (χ3v) is 8.61. The fraction of sp³-hybridized carbons (Fsp3) is 0.414. The number of thiazole rings is 1. The van der Waals surface area contributed by atoms with E-state index in [1.54, 1.807) is 30.6 Å². The van der Waals surface area contributed by atoms with E-state index in [1.807, 2.05) is 37.4 Å². The number of carbonyl (C=O) groups is 1. The first kappa shape index (κ1) is 30.1. The molecule has 3 heterocycles. The number of hydrogen-bond donors (Lipinski definition) is 5. The highest BCUT2D eigenvalue weighted by atomic mass is 35.5. The molecule has 1 aromatic carbocycles. The highest BCUT2D eigenvalue weighted by molar-refractivity contribution is 7.21. The van der Waals surface area contributed by atoms with Crippen LogP contribution in [-0.4, -0.2) is 74.6 Å². The Kier molecular flexibility index (Phi) is 9.19. The number of carbonyl (C=O) groups excluding carboxylic acids is 1. The van der Waals surface area contributed by atoms with Gasteiger partial charge in [0.05, 0.1) is 46.3 Å². The van der Waals surface area contributed by atoms with Gasteiger partial charge in [-0.05, 0) is 44.4 Å². The Morgan fingerprint density at radius 2 is 1.88 bits per heavy atom. The van der Waals surface area contributed by atoms with Crippen LogP contribution in [0.5, 0.6) is 0 Å². The molecule has 0 saturated heterocycles. The molecule has 6 rings (SSSR count). The quantitative estimate of drug-likeness (QED) is 0.166. The van der Waals surface area contributed by atoms with Crippen LogP contribution >= 0.6 is 23.7 Å². The van der Waals surface area contributed by atoms with Gasteiger partial charge in [0.15, 0.2) is 0 Å². The number of ether oxygens (including phenoxy) is 1. The van der Waals surface area contributed by atoms with Crippen LogP contribution in [0.1, 0.15) is 36.6 Å². The normalized spacial score (nSPS) is 21.6. The van der Waals surface area contributed by atoms with Crippen molar-refractivity contribution in [1.29, 1.82) is 0 Å². The van der Waals surface area contributed by atoms with Crippen molar-refractivity contribution in [3.63, 3.8) is 0 Å². The molecule has 2 saturated carbocycles. The zero-order valence-electron chi connectivity index (χ0n) is 23.3. The number of methoxy groups -OCH3 is 1. The number of aliphatic hydroxyl groups is 2. The summed E-state index contributed by atoms with van der Waals surface area (Å²) in [6.07, 6.45) is 1.87. The summed E-state index contributed by atoms with van der Waals surface area (Å²) >= 11 is 1.54. The molecule has 0 radical (unpaired) electrons.